The first-order valence-electron chi connectivity index (χ1n) is 4.74. The first-order chi connectivity index (χ1) is 6.76. The Morgan fingerprint density at radius 1 is 1.40 bits per heavy atom. The van der Waals surface area contributed by atoms with Gasteiger partial charge in [-0.3, -0.25) is 9.59 Å². The van der Waals surface area contributed by atoms with E-state index < -0.39 is 6.04 Å². The summed E-state index contributed by atoms with van der Waals surface area (Å²) < 4.78 is 0. The molecular formula is C11H18N2O2. The molecule has 0 aromatic carbocycles. The van der Waals surface area contributed by atoms with E-state index in [9.17, 15) is 9.59 Å². The van der Waals surface area contributed by atoms with Gasteiger partial charge in [-0.1, -0.05) is 6.58 Å². The largest absolute Gasteiger partial charge is 0.350 e. The molecule has 0 bridgehead atoms. The molecule has 0 radical (unpaired) electrons. The highest BCUT2D eigenvalue weighted by atomic mass is 16.2. The van der Waals surface area contributed by atoms with Crippen molar-refractivity contribution in [3.05, 3.63) is 18.4 Å². The van der Waals surface area contributed by atoms with Crippen molar-refractivity contribution in [2.45, 2.75) is 39.3 Å². The third-order valence-electron chi connectivity index (χ3n) is 1.48. The fraction of sp³-hybridized carbons (Fsp3) is 0.545. The van der Waals surface area contributed by atoms with Gasteiger partial charge < -0.3 is 10.6 Å². The van der Waals surface area contributed by atoms with Crippen molar-refractivity contribution in [3.63, 3.8) is 0 Å². The Morgan fingerprint density at radius 2 is 1.93 bits per heavy atom. The van der Waals surface area contributed by atoms with Crippen molar-refractivity contribution in [1.29, 1.82) is 0 Å². The van der Waals surface area contributed by atoms with Gasteiger partial charge in [-0.15, -0.1) is 5.73 Å². The molecule has 0 saturated heterocycles. The number of nitrogens with one attached hydrogen (secondary N) is 2. The van der Waals surface area contributed by atoms with Crippen molar-refractivity contribution >= 4 is 11.8 Å². The zero-order chi connectivity index (χ0) is 12.1. The van der Waals surface area contributed by atoms with E-state index in [-0.39, 0.29) is 17.4 Å². The highest BCUT2D eigenvalue weighted by Crippen LogP contribution is 1.99. The summed E-state index contributed by atoms with van der Waals surface area (Å²) in [5, 5.41) is 5.26. The van der Waals surface area contributed by atoms with Crippen LogP contribution in [-0.2, 0) is 9.59 Å². The zero-order valence-corrected chi connectivity index (χ0v) is 9.68. The molecule has 0 heterocycles. The maximum atomic E-state index is 11.5. The summed E-state index contributed by atoms with van der Waals surface area (Å²) >= 11 is 0. The predicted octanol–water partition coefficient (Wildman–Crippen LogP) is 0.747. The summed E-state index contributed by atoms with van der Waals surface area (Å²) in [6, 6.07) is -0.568. The van der Waals surface area contributed by atoms with Gasteiger partial charge in [0.1, 0.15) is 6.04 Å². The van der Waals surface area contributed by atoms with Gasteiger partial charge in [0, 0.05) is 11.6 Å². The lowest BCUT2D eigenvalue weighted by Gasteiger charge is -2.23. The van der Waals surface area contributed by atoms with Crippen LogP contribution in [0.2, 0.25) is 0 Å². The maximum absolute atomic E-state index is 11.5. The summed E-state index contributed by atoms with van der Waals surface area (Å²) in [4.78, 5) is 22.6. The van der Waals surface area contributed by atoms with Crippen molar-refractivity contribution < 1.29 is 9.59 Å². The topological polar surface area (TPSA) is 58.2 Å². The standard InChI is InChI=1S/C11H18N2O2/c1-6-7-9(14)12-8(2)10(15)13-11(3,4)5/h7-8H,1H2,2-5H3,(H,12,14)(H,13,15). The monoisotopic (exact) mass is 210 g/mol. The van der Waals surface area contributed by atoms with E-state index in [0.717, 1.165) is 6.08 Å². The Bertz CT molecular complexity index is 296. The van der Waals surface area contributed by atoms with Gasteiger partial charge in [0.05, 0.1) is 0 Å². The zero-order valence-electron chi connectivity index (χ0n) is 9.68. The summed E-state index contributed by atoms with van der Waals surface area (Å²) in [5.41, 5.74) is 2.04. The number of hydrogen-bond donors (Lipinski definition) is 2. The van der Waals surface area contributed by atoms with E-state index in [4.69, 9.17) is 0 Å². The minimum Gasteiger partial charge on any atom is -0.350 e. The fourth-order valence-corrected chi connectivity index (χ4v) is 0.891. The highest BCUT2D eigenvalue weighted by molar-refractivity contribution is 5.92. The van der Waals surface area contributed by atoms with Crippen LogP contribution in [0.15, 0.2) is 18.4 Å². The molecule has 4 nitrogen and oxygen atoms in total. The molecule has 0 saturated carbocycles. The second kappa shape index (κ2) is 5.37. The van der Waals surface area contributed by atoms with Gasteiger partial charge in [-0.25, -0.2) is 0 Å². The SMILES string of the molecule is C=C=CC(=O)NC(C)C(=O)NC(C)(C)C. The molecule has 0 aromatic heterocycles. The van der Waals surface area contributed by atoms with Crippen LogP contribution >= 0.6 is 0 Å². The first kappa shape index (κ1) is 13.5. The average Bonchev–Trinajstić information content (AvgIpc) is 2.00. The molecule has 84 valence electrons. The molecule has 0 rings (SSSR count). The van der Waals surface area contributed by atoms with Crippen LogP contribution in [0.4, 0.5) is 0 Å². The Kier molecular flexibility index (Phi) is 4.82. The van der Waals surface area contributed by atoms with Crippen LogP contribution in [0.25, 0.3) is 0 Å². The molecule has 0 aliphatic carbocycles. The van der Waals surface area contributed by atoms with Crippen LogP contribution < -0.4 is 10.6 Å². The Balaban J connectivity index is 4.22. The normalized spacial score (nSPS) is 12.3. The summed E-state index contributed by atoms with van der Waals surface area (Å²) in [5.74, 6) is -0.588. The number of hydrogen-bond acceptors (Lipinski definition) is 2. The third-order valence-corrected chi connectivity index (χ3v) is 1.48. The van der Waals surface area contributed by atoms with Crippen LogP contribution in [0.1, 0.15) is 27.7 Å². The Labute approximate surface area is 90.4 Å². The maximum Gasteiger partial charge on any atom is 0.252 e. The minimum atomic E-state index is -0.568. The molecule has 2 amide bonds. The van der Waals surface area contributed by atoms with Gasteiger partial charge in [0.2, 0.25) is 5.91 Å². The fourth-order valence-electron chi connectivity index (χ4n) is 0.891. The van der Waals surface area contributed by atoms with Gasteiger partial charge in [-0.05, 0) is 27.7 Å². The quantitative estimate of drug-likeness (QED) is 0.533. The van der Waals surface area contributed by atoms with Gasteiger partial charge in [0.25, 0.3) is 5.91 Å². The summed E-state index contributed by atoms with van der Waals surface area (Å²) in [7, 11) is 0. The second-order valence-electron chi connectivity index (χ2n) is 4.32. The number of carbonyl (C=O) groups is 2. The second-order valence-corrected chi connectivity index (χ2v) is 4.32. The Morgan fingerprint density at radius 3 is 2.33 bits per heavy atom. The average molecular weight is 210 g/mol. The molecule has 4 heteroatoms. The molecule has 0 aliphatic heterocycles. The van der Waals surface area contributed by atoms with Gasteiger partial charge in [0.15, 0.2) is 0 Å². The van der Waals surface area contributed by atoms with Crippen LogP contribution in [0.3, 0.4) is 0 Å². The van der Waals surface area contributed by atoms with Crippen molar-refractivity contribution in [3.8, 4) is 0 Å². The molecule has 0 aliphatic rings. The lowest BCUT2D eigenvalue weighted by Crippen LogP contribution is -2.50. The molecule has 15 heavy (non-hydrogen) atoms. The first-order valence-corrected chi connectivity index (χ1v) is 4.74. The summed E-state index contributed by atoms with van der Waals surface area (Å²) in [6.07, 6.45) is 1.15. The van der Waals surface area contributed by atoms with Crippen LogP contribution in [-0.4, -0.2) is 23.4 Å². The smallest absolute Gasteiger partial charge is 0.252 e. The van der Waals surface area contributed by atoms with E-state index in [0.29, 0.717) is 0 Å². The van der Waals surface area contributed by atoms with Gasteiger partial charge in [-0.2, -0.15) is 0 Å². The number of amides is 2. The lowest BCUT2D eigenvalue weighted by molar-refractivity contribution is -0.127. The number of carbonyl (C=O) groups excluding carboxylic acids is 2. The van der Waals surface area contributed by atoms with Crippen molar-refractivity contribution in [2.24, 2.45) is 0 Å². The molecule has 1 atom stereocenters. The van der Waals surface area contributed by atoms with Gasteiger partial charge >= 0.3 is 0 Å². The van der Waals surface area contributed by atoms with E-state index in [1.54, 1.807) is 6.92 Å². The molecule has 1 unspecified atom stereocenters. The van der Waals surface area contributed by atoms with E-state index in [2.05, 4.69) is 22.9 Å². The molecule has 2 N–H and O–H groups in total. The lowest BCUT2D eigenvalue weighted by atomic mass is 10.1. The van der Waals surface area contributed by atoms with E-state index in [1.165, 1.54) is 0 Å². The van der Waals surface area contributed by atoms with Crippen molar-refractivity contribution in [2.75, 3.05) is 0 Å². The van der Waals surface area contributed by atoms with E-state index in [1.807, 2.05) is 20.8 Å². The Hall–Kier alpha value is -1.54. The molecule has 0 aromatic rings. The third kappa shape index (κ3) is 6.52. The van der Waals surface area contributed by atoms with Crippen molar-refractivity contribution in [1.82, 2.24) is 10.6 Å². The number of rotatable bonds is 3. The van der Waals surface area contributed by atoms with Crippen LogP contribution in [0, 0.1) is 0 Å². The highest BCUT2D eigenvalue weighted by Gasteiger charge is 2.19. The van der Waals surface area contributed by atoms with Crippen LogP contribution in [0.5, 0.6) is 0 Å². The predicted molar refractivity (Wildman–Crippen MR) is 59.2 cm³/mol. The van der Waals surface area contributed by atoms with E-state index >= 15 is 0 Å². The molecular weight excluding hydrogens is 192 g/mol. The molecule has 0 fully saturated rings. The summed E-state index contributed by atoms with van der Waals surface area (Å²) in [6.45, 7) is 10.5. The molecule has 0 spiro atoms. The minimum absolute atomic E-state index is 0.215.